The Morgan fingerprint density at radius 3 is 2.53 bits per heavy atom. The van der Waals surface area contributed by atoms with Crippen molar-refractivity contribution in [3.05, 3.63) is 51.8 Å². The Morgan fingerprint density at radius 1 is 1.26 bits per heavy atom. The number of rotatable bonds is 4. The van der Waals surface area contributed by atoms with Crippen molar-refractivity contribution in [3.8, 4) is 0 Å². The molecule has 0 aliphatic rings. The number of nitrogens with two attached hydrogens (primary N) is 1. The molecule has 19 heavy (non-hydrogen) atoms. The maximum Gasteiger partial charge on any atom is 0.130 e. The SMILES string of the molecule is Cc1ccccc1CC(N)Cc1c(C)nn(C)c1Cl. The van der Waals surface area contributed by atoms with E-state index < -0.39 is 0 Å². The zero-order valence-electron chi connectivity index (χ0n) is 11.7. The van der Waals surface area contributed by atoms with E-state index in [1.807, 2.05) is 20.0 Å². The summed E-state index contributed by atoms with van der Waals surface area (Å²) >= 11 is 6.24. The average Bonchev–Trinajstić information content (AvgIpc) is 2.59. The first-order chi connectivity index (χ1) is 8.99. The third-order valence-electron chi connectivity index (χ3n) is 3.48. The van der Waals surface area contributed by atoms with E-state index in [1.165, 1.54) is 11.1 Å². The first-order valence-corrected chi connectivity index (χ1v) is 6.85. The fourth-order valence-electron chi connectivity index (χ4n) is 2.36. The van der Waals surface area contributed by atoms with Gasteiger partial charge in [0, 0.05) is 18.7 Å². The zero-order chi connectivity index (χ0) is 14.0. The first-order valence-electron chi connectivity index (χ1n) is 6.47. The lowest BCUT2D eigenvalue weighted by Crippen LogP contribution is -2.26. The number of hydrogen-bond acceptors (Lipinski definition) is 2. The minimum absolute atomic E-state index is 0.0569. The summed E-state index contributed by atoms with van der Waals surface area (Å²) in [5.41, 5.74) is 10.9. The van der Waals surface area contributed by atoms with Crippen molar-refractivity contribution in [2.45, 2.75) is 32.7 Å². The van der Waals surface area contributed by atoms with Crippen molar-refractivity contribution in [2.75, 3.05) is 0 Å². The predicted molar refractivity (Wildman–Crippen MR) is 79.5 cm³/mol. The molecule has 3 nitrogen and oxygen atoms in total. The molecule has 2 N–H and O–H groups in total. The van der Waals surface area contributed by atoms with E-state index in [4.69, 9.17) is 17.3 Å². The molecule has 102 valence electrons. The standard InChI is InChI=1S/C15H20ClN3/c1-10-6-4-5-7-12(10)8-13(17)9-14-11(2)18-19(3)15(14)16/h4-7,13H,8-9,17H2,1-3H3. The molecule has 0 radical (unpaired) electrons. The Morgan fingerprint density at radius 2 is 1.95 bits per heavy atom. The van der Waals surface area contributed by atoms with E-state index in [0.29, 0.717) is 5.15 Å². The molecule has 0 bridgehead atoms. The average molecular weight is 278 g/mol. The summed E-state index contributed by atoms with van der Waals surface area (Å²) < 4.78 is 1.70. The van der Waals surface area contributed by atoms with Crippen LogP contribution in [-0.2, 0) is 19.9 Å². The molecule has 0 aliphatic carbocycles. The second kappa shape index (κ2) is 5.76. The summed E-state index contributed by atoms with van der Waals surface area (Å²) in [6.45, 7) is 4.09. The monoisotopic (exact) mass is 277 g/mol. The van der Waals surface area contributed by atoms with Gasteiger partial charge in [0.2, 0.25) is 0 Å². The minimum atomic E-state index is 0.0569. The molecule has 0 fully saturated rings. The predicted octanol–water partition coefficient (Wildman–Crippen LogP) is 2.80. The molecule has 1 aromatic carbocycles. The molecule has 0 aliphatic heterocycles. The van der Waals surface area contributed by atoms with E-state index in [1.54, 1.807) is 4.68 Å². The summed E-state index contributed by atoms with van der Waals surface area (Å²) in [4.78, 5) is 0. The van der Waals surface area contributed by atoms with Crippen LogP contribution in [0.3, 0.4) is 0 Å². The van der Waals surface area contributed by atoms with Crippen molar-refractivity contribution < 1.29 is 0 Å². The summed E-state index contributed by atoms with van der Waals surface area (Å²) in [7, 11) is 1.85. The molecular weight excluding hydrogens is 258 g/mol. The van der Waals surface area contributed by atoms with Crippen LogP contribution >= 0.6 is 11.6 Å². The lowest BCUT2D eigenvalue weighted by atomic mass is 9.97. The molecule has 0 saturated heterocycles. The second-order valence-electron chi connectivity index (χ2n) is 5.07. The van der Waals surface area contributed by atoms with Crippen LogP contribution in [-0.4, -0.2) is 15.8 Å². The molecular formula is C15H20ClN3. The van der Waals surface area contributed by atoms with E-state index in [9.17, 15) is 0 Å². The number of benzene rings is 1. The van der Waals surface area contributed by atoms with Crippen LogP contribution in [0.2, 0.25) is 5.15 Å². The van der Waals surface area contributed by atoms with Crippen LogP contribution in [0.5, 0.6) is 0 Å². The highest BCUT2D eigenvalue weighted by molar-refractivity contribution is 6.30. The van der Waals surface area contributed by atoms with Crippen molar-refractivity contribution in [2.24, 2.45) is 12.8 Å². The highest BCUT2D eigenvalue weighted by Gasteiger charge is 2.15. The Bertz CT molecular complexity index is 575. The van der Waals surface area contributed by atoms with Gasteiger partial charge in [0.05, 0.1) is 5.69 Å². The molecule has 1 atom stereocenters. The van der Waals surface area contributed by atoms with Crippen molar-refractivity contribution in [3.63, 3.8) is 0 Å². The van der Waals surface area contributed by atoms with Gasteiger partial charge in [0.1, 0.15) is 5.15 Å². The van der Waals surface area contributed by atoms with Crippen LogP contribution in [0.4, 0.5) is 0 Å². The normalized spacial score (nSPS) is 12.7. The number of halogens is 1. The minimum Gasteiger partial charge on any atom is -0.327 e. The molecule has 2 aromatic rings. The van der Waals surface area contributed by atoms with Crippen molar-refractivity contribution >= 4 is 11.6 Å². The number of nitrogens with zero attached hydrogens (tertiary/aromatic N) is 2. The van der Waals surface area contributed by atoms with E-state index >= 15 is 0 Å². The number of aromatic nitrogens is 2. The number of hydrogen-bond donors (Lipinski definition) is 1. The van der Waals surface area contributed by atoms with Crippen LogP contribution in [0.15, 0.2) is 24.3 Å². The van der Waals surface area contributed by atoms with Crippen LogP contribution < -0.4 is 5.73 Å². The van der Waals surface area contributed by atoms with Crippen LogP contribution in [0.1, 0.15) is 22.4 Å². The smallest absolute Gasteiger partial charge is 0.130 e. The largest absolute Gasteiger partial charge is 0.327 e. The van der Waals surface area contributed by atoms with Gasteiger partial charge in [-0.25, -0.2) is 0 Å². The van der Waals surface area contributed by atoms with Crippen LogP contribution in [0.25, 0.3) is 0 Å². The quantitative estimate of drug-likeness (QED) is 0.934. The van der Waals surface area contributed by atoms with Crippen molar-refractivity contribution in [1.82, 2.24) is 9.78 Å². The summed E-state index contributed by atoms with van der Waals surface area (Å²) in [5.74, 6) is 0. The lowest BCUT2D eigenvalue weighted by molar-refractivity contribution is 0.660. The molecule has 0 saturated carbocycles. The molecule has 1 unspecified atom stereocenters. The molecule has 1 aromatic heterocycles. The maximum absolute atomic E-state index is 6.26. The summed E-state index contributed by atoms with van der Waals surface area (Å²) in [5, 5.41) is 5.01. The molecule has 0 amide bonds. The van der Waals surface area contributed by atoms with E-state index in [0.717, 1.165) is 24.1 Å². The summed E-state index contributed by atoms with van der Waals surface area (Å²) in [6, 6.07) is 8.41. The Hall–Kier alpha value is -1.32. The van der Waals surface area contributed by atoms with Crippen molar-refractivity contribution in [1.29, 1.82) is 0 Å². The van der Waals surface area contributed by atoms with Gasteiger partial charge < -0.3 is 5.73 Å². The molecule has 4 heteroatoms. The van der Waals surface area contributed by atoms with Gasteiger partial charge in [0.15, 0.2) is 0 Å². The van der Waals surface area contributed by atoms with Gasteiger partial charge in [-0.05, 0) is 37.8 Å². The summed E-state index contributed by atoms with van der Waals surface area (Å²) in [6.07, 6.45) is 1.62. The Labute approximate surface area is 119 Å². The molecule has 0 spiro atoms. The van der Waals surface area contributed by atoms with Gasteiger partial charge in [-0.2, -0.15) is 5.10 Å². The van der Waals surface area contributed by atoms with Gasteiger partial charge in [-0.3, -0.25) is 4.68 Å². The third kappa shape index (κ3) is 3.17. The fourth-order valence-corrected chi connectivity index (χ4v) is 2.61. The molecule has 1 heterocycles. The number of aryl methyl sites for hydroxylation is 3. The Balaban J connectivity index is 2.10. The topological polar surface area (TPSA) is 43.8 Å². The fraction of sp³-hybridized carbons (Fsp3) is 0.400. The van der Waals surface area contributed by atoms with E-state index in [-0.39, 0.29) is 6.04 Å². The second-order valence-corrected chi connectivity index (χ2v) is 5.43. The Kier molecular flexibility index (Phi) is 4.27. The zero-order valence-corrected chi connectivity index (χ0v) is 12.4. The van der Waals surface area contributed by atoms with E-state index in [2.05, 4.69) is 30.2 Å². The first kappa shape index (κ1) is 14.1. The van der Waals surface area contributed by atoms with Gasteiger partial charge in [-0.15, -0.1) is 0 Å². The van der Waals surface area contributed by atoms with Gasteiger partial charge in [-0.1, -0.05) is 35.9 Å². The van der Waals surface area contributed by atoms with Crippen LogP contribution in [0, 0.1) is 13.8 Å². The highest BCUT2D eigenvalue weighted by Crippen LogP contribution is 2.21. The maximum atomic E-state index is 6.26. The van der Waals surface area contributed by atoms with Gasteiger partial charge in [0.25, 0.3) is 0 Å². The third-order valence-corrected chi connectivity index (χ3v) is 3.95. The molecule has 2 rings (SSSR count). The van der Waals surface area contributed by atoms with Gasteiger partial charge >= 0.3 is 0 Å². The highest BCUT2D eigenvalue weighted by atomic mass is 35.5. The lowest BCUT2D eigenvalue weighted by Gasteiger charge is -2.13.